The minimum Gasteiger partial charge on any atom is 0 e. The fourth-order valence-corrected chi connectivity index (χ4v) is 0. The van der Waals surface area contributed by atoms with E-state index in [-0.39, 0.29) is 109 Å². The van der Waals surface area contributed by atoms with E-state index in [1.54, 1.807) is 0 Å². The zero-order valence-corrected chi connectivity index (χ0v) is 15.7. The van der Waals surface area contributed by atoms with Crippen molar-refractivity contribution < 1.29 is 39.0 Å². The minimum atomic E-state index is 0. The fraction of sp³-hybridized carbons (Fsp3) is 0. The molecule has 0 heterocycles. The van der Waals surface area contributed by atoms with Crippen LogP contribution in [0.1, 0.15) is 0 Å². The third-order valence-corrected chi connectivity index (χ3v) is 0. The summed E-state index contributed by atoms with van der Waals surface area (Å²) >= 11 is 0. The molecule has 0 rings (SSSR count). The normalized spacial score (nSPS) is 0.667. The van der Waals surface area contributed by atoms with Crippen LogP contribution < -0.4 is 0 Å². The largest absolute Gasteiger partial charge is 0 e. The van der Waals surface area contributed by atoms with Gasteiger partial charge in [0.05, 0.1) is 0 Å². The van der Waals surface area contributed by atoms with Crippen LogP contribution in [0.3, 0.4) is 0 Å². The van der Waals surface area contributed by atoms with Gasteiger partial charge in [-0.2, -0.15) is 0 Å². The van der Waals surface area contributed by atoms with Gasteiger partial charge in [0, 0.05) is 109 Å². The first-order valence-corrected chi connectivity index (χ1v) is 0.816. The van der Waals surface area contributed by atoms with Crippen molar-refractivity contribution in [2.24, 2.45) is 0 Å². The monoisotopic (exact) mass is 368 g/mol. The van der Waals surface area contributed by atoms with Gasteiger partial charge in [-0.25, -0.2) is 0 Å². The van der Waals surface area contributed by atoms with Gasteiger partial charge in [0.25, 0.3) is 0 Å². The standard InChI is InChI=1S/4CO.3Na.Re/c4*1-2;;;;. The Bertz CT molecular complexity index is 65.3. The van der Waals surface area contributed by atoms with Gasteiger partial charge >= 0.3 is 45.2 Å². The predicted octanol–water partition coefficient (Wildman–Crippen LogP) is -1.29. The maximum Gasteiger partial charge on any atom is 0 e. The summed E-state index contributed by atoms with van der Waals surface area (Å²) < 4.78 is 30.0. The molecule has 0 aliphatic rings. The second-order valence-corrected chi connectivity index (χ2v) is 0. The second-order valence-electron chi connectivity index (χ2n) is 0. The third-order valence-electron chi connectivity index (χ3n) is 0. The van der Waals surface area contributed by atoms with Crippen molar-refractivity contribution in [1.82, 2.24) is 0 Å². The second kappa shape index (κ2) is 316. The van der Waals surface area contributed by atoms with E-state index in [2.05, 4.69) is 26.6 Å². The van der Waals surface area contributed by atoms with Gasteiger partial charge in [0.2, 0.25) is 0 Å². The zero-order chi connectivity index (χ0) is 8.00. The smallest absolute Gasteiger partial charge is 0 e. The molecule has 0 amide bonds. The topological polar surface area (TPSA) is 79.6 Å². The number of rotatable bonds is 0. The Labute approximate surface area is 151 Å². The molecule has 50 valence electrons. The summed E-state index contributed by atoms with van der Waals surface area (Å²) in [5, 5.41) is 0. The van der Waals surface area contributed by atoms with E-state index >= 15 is 0 Å². The molecule has 12 heavy (non-hydrogen) atoms. The molecule has 0 unspecified atom stereocenters. The SMILES string of the molecule is [C-]#[O+].[C-]#[O+].[C-]#[O+].[C-]#[O+].[Na].[Na].[Na].[Re]. The average molecular weight is 367 g/mol. The zero-order valence-electron chi connectivity index (χ0n) is 7.01. The van der Waals surface area contributed by atoms with Crippen molar-refractivity contribution in [2.75, 3.05) is 0 Å². The molecule has 8 heteroatoms. The molecule has 0 saturated carbocycles. The van der Waals surface area contributed by atoms with Gasteiger partial charge < -0.3 is 0 Å². The molecule has 0 aromatic heterocycles. The van der Waals surface area contributed by atoms with Crippen LogP contribution in [0.4, 0.5) is 0 Å². The van der Waals surface area contributed by atoms with Crippen LogP contribution in [0.2, 0.25) is 0 Å². The first-order valence-electron chi connectivity index (χ1n) is 0.816. The summed E-state index contributed by atoms with van der Waals surface area (Å²) in [4.78, 5) is 0. The van der Waals surface area contributed by atoms with Crippen LogP contribution in [0.15, 0.2) is 0 Å². The molecule has 4 radical (unpaired) electrons. The molecular weight excluding hydrogens is 367 g/mol. The average Bonchev–Trinajstić information content (AvgIpc) is 2.03. The first-order chi connectivity index (χ1) is 4.00. The van der Waals surface area contributed by atoms with Gasteiger partial charge in [-0.1, -0.05) is 0 Å². The van der Waals surface area contributed by atoms with Crippen molar-refractivity contribution in [3.05, 3.63) is 26.6 Å². The third kappa shape index (κ3) is 248. The minimum absolute atomic E-state index is 0. The summed E-state index contributed by atoms with van der Waals surface area (Å²) in [6, 6.07) is 0. The van der Waals surface area contributed by atoms with Crippen molar-refractivity contribution in [2.45, 2.75) is 0 Å². The maximum absolute atomic E-state index is 7.50. The molecular formula is C4Na3O4Re. The Morgan fingerprint density at radius 1 is 0.417 bits per heavy atom. The summed E-state index contributed by atoms with van der Waals surface area (Å²) in [6.07, 6.45) is 0. The molecule has 0 aliphatic heterocycles. The molecule has 0 spiro atoms. The molecule has 0 aromatic rings. The molecule has 0 bridgehead atoms. The van der Waals surface area contributed by atoms with Gasteiger partial charge in [-0.05, 0) is 0 Å². The Kier molecular flexibility index (Phi) is 1630. The van der Waals surface area contributed by atoms with E-state index in [9.17, 15) is 0 Å². The van der Waals surface area contributed by atoms with E-state index < -0.39 is 0 Å². The molecule has 0 aromatic carbocycles. The van der Waals surface area contributed by atoms with E-state index in [0.29, 0.717) is 0 Å². The van der Waals surface area contributed by atoms with Crippen LogP contribution in [0.25, 0.3) is 0 Å². The Hall–Kier alpha value is 2.62. The van der Waals surface area contributed by atoms with Crippen LogP contribution in [0, 0.1) is 26.6 Å². The van der Waals surface area contributed by atoms with Crippen LogP contribution in [-0.2, 0) is 39.0 Å². The Morgan fingerprint density at radius 3 is 0.417 bits per heavy atom. The first kappa shape index (κ1) is 61.9. The van der Waals surface area contributed by atoms with Gasteiger partial charge in [0.15, 0.2) is 0 Å². The Morgan fingerprint density at radius 2 is 0.417 bits per heavy atom. The van der Waals surface area contributed by atoms with Crippen molar-refractivity contribution in [1.29, 1.82) is 0 Å². The molecule has 4 nitrogen and oxygen atoms in total. The van der Waals surface area contributed by atoms with Crippen LogP contribution in [0.5, 0.6) is 0 Å². The molecule has 0 atom stereocenters. The number of hydrogen-bond acceptors (Lipinski definition) is 0. The van der Waals surface area contributed by atoms with E-state index in [1.807, 2.05) is 0 Å². The van der Waals surface area contributed by atoms with Gasteiger partial charge in [-0.3, -0.25) is 0 Å². The van der Waals surface area contributed by atoms with Crippen molar-refractivity contribution in [3.8, 4) is 0 Å². The number of hydrogen-bond donors (Lipinski definition) is 0. The quantitative estimate of drug-likeness (QED) is 0.290. The summed E-state index contributed by atoms with van der Waals surface area (Å²) in [6.45, 7) is 18.0. The van der Waals surface area contributed by atoms with E-state index in [1.165, 1.54) is 0 Å². The van der Waals surface area contributed by atoms with Crippen molar-refractivity contribution in [3.63, 3.8) is 0 Å². The van der Waals surface area contributed by atoms with E-state index in [0.717, 1.165) is 0 Å². The maximum atomic E-state index is 7.50. The summed E-state index contributed by atoms with van der Waals surface area (Å²) in [5.41, 5.74) is 0. The fourth-order valence-electron chi connectivity index (χ4n) is 0. The van der Waals surface area contributed by atoms with Crippen molar-refractivity contribution >= 4 is 88.7 Å². The predicted molar refractivity (Wildman–Crippen MR) is 33.0 cm³/mol. The molecule has 0 aliphatic carbocycles. The van der Waals surface area contributed by atoms with Gasteiger partial charge in [-0.15, -0.1) is 0 Å². The summed E-state index contributed by atoms with van der Waals surface area (Å²) in [5.74, 6) is 0. The van der Waals surface area contributed by atoms with Crippen LogP contribution in [-0.4, -0.2) is 88.7 Å². The van der Waals surface area contributed by atoms with Gasteiger partial charge in [0.1, 0.15) is 0 Å². The molecule has 0 fully saturated rings. The summed E-state index contributed by atoms with van der Waals surface area (Å²) in [7, 11) is 0. The Balaban J connectivity index is -0.00000000267. The molecule has 0 saturated heterocycles. The van der Waals surface area contributed by atoms with Crippen LogP contribution >= 0.6 is 0 Å². The molecule has 0 N–H and O–H groups in total. The van der Waals surface area contributed by atoms with E-state index in [4.69, 9.17) is 18.6 Å².